The van der Waals surface area contributed by atoms with E-state index in [0.717, 1.165) is 10.9 Å². The van der Waals surface area contributed by atoms with Crippen molar-refractivity contribution in [1.29, 1.82) is 0 Å². The van der Waals surface area contributed by atoms with Gasteiger partial charge in [-0.2, -0.15) is 0 Å². The zero-order chi connectivity index (χ0) is 15.2. The fraction of sp³-hybridized carbons (Fsp3) is 0.588. The minimum absolute atomic E-state index is 0.00704. The first kappa shape index (κ1) is 16.4. The minimum atomic E-state index is -0.0813. The first-order chi connectivity index (χ1) is 10.0. The van der Waals surface area contributed by atoms with E-state index in [2.05, 4.69) is 17.4 Å². The quantitative estimate of drug-likeness (QED) is 0.834. The van der Waals surface area contributed by atoms with E-state index in [1.807, 2.05) is 37.7 Å². The van der Waals surface area contributed by atoms with E-state index in [0.29, 0.717) is 12.3 Å². The van der Waals surface area contributed by atoms with Crippen molar-refractivity contribution in [3.05, 3.63) is 24.3 Å². The molecule has 0 radical (unpaired) electrons. The smallest absolute Gasteiger partial charge is 0.225 e. The molecule has 2 rings (SSSR count). The van der Waals surface area contributed by atoms with Gasteiger partial charge >= 0.3 is 0 Å². The van der Waals surface area contributed by atoms with Gasteiger partial charge in [-0.1, -0.05) is 26.7 Å². The lowest BCUT2D eigenvalue weighted by molar-refractivity contribution is -0.116. The van der Waals surface area contributed by atoms with Gasteiger partial charge in [0.2, 0.25) is 5.91 Å². The van der Waals surface area contributed by atoms with E-state index in [-0.39, 0.29) is 11.9 Å². The number of hydrogen-bond donors (Lipinski definition) is 2. The van der Waals surface area contributed by atoms with Gasteiger partial charge in [-0.3, -0.25) is 4.79 Å². The van der Waals surface area contributed by atoms with E-state index in [4.69, 9.17) is 5.73 Å². The third kappa shape index (κ3) is 5.36. The highest BCUT2D eigenvalue weighted by Gasteiger charge is 2.16. The van der Waals surface area contributed by atoms with Gasteiger partial charge in [-0.25, -0.2) is 0 Å². The molecule has 1 amide bonds. The highest BCUT2D eigenvalue weighted by molar-refractivity contribution is 8.00. The molecule has 0 heterocycles. The van der Waals surface area contributed by atoms with Crippen LogP contribution in [0.2, 0.25) is 0 Å². The molecule has 1 unspecified atom stereocenters. The molecular formula is C17H26N2OS. The summed E-state index contributed by atoms with van der Waals surface area (Å²) in [7, 11) is 0. The van der Waals surface area contributed by atoms with Gasteiger partial charge in [0.25, 0.3) is 0 Å². The second-order valence-corrected chi connectivity index (χ2v) is 7.58. The average molecular weight is 306 g/mol. The molecule has 1 aromatic carbocycles. The molecule has 21 heavy (non-hydrogen) atoms. The third-order valence-corrected chi connectivity index (χ3v) is 5.37. The predicted molar refractivity (Wildman–Crippen MR) is 90.6 cm³/mol. The Labute approximate surface area is 132 Å². The molecule has 0 saturated heterocycles. The number of carbonyl (C=O) groups is 1. The Hall–Kier alpha value is -1.00. The standard InChI is InChI=1S/C17H26N2OS/c1-12(2)16(18)11-17(20)19-13-7-9-15(10-8-13)21-14-5-3-4-6-14/h7-10,12,14,16H,3-6,11,18H2,1-2H3,(H,19,20). The van der Waals surface area contributed by atoms with Crippen molar-refractivity contribution in [1.82, 2.24) is 0 Å². The lowest BCUT2D eigenvalue weighted by atomic mass is 10.0. The molecule has 1 atom stereocenters. The summed E-state index contributed by atoms with van der Waals surface area (Å²) in [5, 5.41) is 3.69. The molecule has 3 N–H and O–H groups in total. The van der Waals surface area contributed by atoms with Crippen LogP contribution < -0.4 is 11.1 Å². The Morgan fingerprint density at radius 3 is 2.48 bits per heavy atom. The molecule has 1 aliphatic rings. The van der Waals surface area contributed by atoms with Crippen molar-refractivity contribution in [3.8, 4) is 0 Å². The molecule has 116 valence electrons. The van der Waals surface area contributed by atoms with Crippen molar-refractivity contribution < 1.29 is 4.79 Å². The molecule has 3 nitrogen and oxygen atoms in total. The summed E-state index contributed by atoms with van der Waals surface area (Å²) >= 11 is 1.96. The SMILES string of the molecule is CC(C)C(N)CC(=O)Nc1ccc(SC2CCCC2)cc1. The first-order valence-corrected chi connectivity index (χ1v) is 8.74. The second-order valence-electron chi connectivity index (χ2n) is 6.21. The number of nitrogens with one attached hydrogen (secondary N) is 1. The lowest BCUT2D eigenvalue weighted by Gasteiger charge is -2.15. The van der Waals surface area contributed by atoms with Crippen LogP contribution in [-0.4, -0.2) is 17.2 Å². The van der Waals surface area contributed by atoms with Crippen molar-refractivity contribution in [3.63, 3.8) is 0 Å². The topological polar surface area (TPSA) is 55.1 Å². The van der Waals surface area contributed by atoms with Crippen molar-refractivity contribution in [2.24, 2.45) is 11.7 Å². The third-order valence-electron chi connectivity index (χ3n) is 4.02. The van der Waals surface area contributed by atoms with Crippen LogP contribution in [0.5, 0.6) is 0 Å². The van der Waals surface area contributed by atoms with Gasteiger partial charge < -0.3 is 11.1 Å². The zero-order valence-corrected chi connectivity index (χ0v) is 13.8. The molecule has 0 aliphatic heterocycles. The highest BCUT2D eigenvalue weighted by Crippen LogP contribution is 2.34. The molecular weight excluding hydrogens is 280 g/mol. The average Bonchev–Trinajstić information content (AvgIpc) is 2.93. The summed E-state index contributed by atoms with van der Waals surface area (Å²) < 4.78 is 0. The van der Waals surface area contributed by atoms with Gasteiger partial charge in [0.1, 0.15) is 0 Å². The number of benzene rings is 1. The maximum Gasteiger partial charge on any atom is 0.225 e. The van der Waals surface area contributed by atoms with Crippen LogP contribution in [0.4, 0.5) is 5.69 Å². The van der Waals surface area contributed by atoms with Crippen LogP contribution in [0.1, 0.15) is 46.0 Å². The summed E-state index contributed by atoms with van der Waals surface area (Å²) in [5.41, 5.74) is 6.78. The maximum atomic E-state index is 11.9. The first-order valence-electron chi connectivity index (χ1n) is 7.86. The summed E-state index contributed by atoms with van der Waals surface area (Å²) in [6.45, 7) is 4.07. The van der Waals surface area contributed by atoms with Gasteiger partial charge in [-0.15, -0.1) is 11.8 Å². The number of carbonyl (C=O) groups excluding carboxylic acids is 1. The Kier molecular flexibility index (Phi) is 6.12. The van der Waals surface area contributed by atoms with E-state index in [9.17, 15) is 4.79 Å². The zero-order valence-electron chi connectivity index (χ0n) is 13.0. The molecule has 1 aromatic rings. The number of rotatable bonds is 6. The van der Waals surface area contributed by atoms with E-state index in [1.54, 1.807) is 0 Å². The van der Waals surface area contributed by atoms with Crippen LogP contribution in [-0.2, 0) is 4.79 Å². The summed E-state index contributed by atoms with van der Waals surface area (Å²) in [6.07, 6.45) is 5.76. The van der Waals surface area contributed by atoms with Crippen LogP contribution in [0.3, 0.4) is 0 Å². The van der Waals surface area contributed by atoms with E-state index in [1.165, 1.54) is 30.6 Å². The maximum absolute atomic E-state index is 11.9. The molecule has 0 spiro atoms. The highest BCUT2D eigenvalue weighted by atomic mass is 32.2. The normalized spacial score (nSPS) is 17.1. The fourth-order valence-electron chi connectivity index (χ4n) is 2.48. The predicted octanol–water partition coefficient (Wildman–Crippen LogP) is 4.03. The number of hydrogen-bond acceptors (Lipinski definition) is 3. The van der Waals surface area contributed by atoms with E-state index >= 15 is 0 Å². The molecule has 4 heteroatoms. The van der Waals surface area contributed by atoms with Crippen LogP contribution in [0.15, 0.2) is 29.2 Å². The van der Waals surface area contributed by atoms with E-state index < -0.39 is 0 Å². The Morgan fingerprint density at radius 1 is 1.29 bits per heavy atom. The minimum Gasteiger partial charge on any atom is -0.327 e. The van der Waals surface area contributed by atoms with Crippen LogP contribution in [0, 0.1) is 5.92 Å². The Balaban J connectivity index is 1.82. The number of anilines is 1. The summed E-state index contributed by atoms with van der Waals surface area (Å²) in [4.78, 5) is 13.2. The number of amides is 1. The van der Waals surface area contributed by atoms with Crippen molar-refractivity contribution in [2.75, 3.05) is 5.32 Å². The molecule has 0 aromatic heterocycles. The molecule has 0 bridgehead atoms. The monoisotopic (exact) mass is 306 g/mol. The lowest BCUT2D eigenvalue weighted by Crippen LogP contribution is -2.31. The van der Waals surface area contributed by atoms with Gasteiger partial charge in [-0.05, 0) is 43.0 Å². The largest absolute Gasteiger partial charge is 0.327 e. The summed E-state index contributed by atoms with van der Waals surface area (Å²) in [5.74, 6) is 0.313. The van der Waals surface area contributed by atoms with Gasteiger partial charge in [0.15, 0.2) is 0 Å². The van der Waals surface area contributed by atoms with Crippen molar-refractivity contribution >= 4 is 23.4 Å². The number of thioether (sulfide) groups is 1. The molecule has 1 saturated carbocycles. The Morgan fingerprint density at radius 2 is 1.90 bits per heavy atom. The van der Waals surface area contributed by atoms with Gasteiger partial charge in [0.05, 0.1) is 0 Å². The van der Waals surface area contributed by atoms with Crippen LogP contribution in [0.25, 0.3) is 0 Å². The molecule has 1 fully saturated rings. The fourth-order valence-corrected chi connectivity index (χ4v) is 3.72. The van der Waals surface area contributed by atoms with Gasteiger partial charge in [0, 0.05) is 28.3 Å². The van der Waals surface area contributed by atoms with Crippen molar-refractivity contribution in [2.45, 2.75) is 62.1 Å². The van der Waals surface area contributed by atoms with Crippen LogP contribution >= 0.6 is 11.8 Å². The summed E-state index contributed by atoms with van der Waals surface area (Å²) in [6, 6.07) is 8.08. The Bertz CT molecular complexity index is 452. The molecule has 1 aliphatic carbocycles. The second kappa shape index (κ2) is 7.85. The number of nitrogens with two attached hydrogens (primary N) is 1.